The first-order chi connectivity index (χ1) is 12.0. The van der Waals surface area contributed by atoms with Crippen molar-refractivity contribution in [1.29, 1.82) is 0 Å². The molecule has 6 heteroatoms. The molecular weight excluding hydrogens is 346 g/mol. The van der Waals surface area contributed by atoms with E-state index in [9.17, 15) is 13.6 Å². The Morgan fingerprint density at radius 1 is 1.08 bits per heavy atom. The number of benzene rings is 2. The molecule has 3 rings (SSSR count). The molecule has 0 fully saturated rings. The summed E-state index contributed by atoms with van der Waals surface area (Å²) in [7, 11) is 0. The molecule has 0 bridgehead atoms. The summed E-state index contributed by atoms with van der Waals surface area (Å²) >= 11 is 5.83. The van der Waals surface area contributed by atoms with Crippen molar-refractivity contribution in [1.82, 2.24) is 9.88 Å². The molecule has 25 heavy (non-hydrogen) atoms. The lowest BCUT2D eigenvalue weighted by atomic mass is 10.1. The van der Waals surface area contributed by atoms with Crippen molar-refractivity contribution in [2.24, 2.45) is 0 Å². The van der Waals surface area contributed by atoms with Crippen LogP contribution in [0.15, 0.2) is 60.9 Å². The minimum atomic E-state index is -1.11. The van der Waals surface area contributed by atoms with E-state index in [1.165, 1.54) is 0 Å². The van der Waals surface area contributed by atoms with E-state index < -0.39 is 17.5 Å². The normalized spacial score (nSPS) is 12.0. The first-order valence-corrected chi connectivity index (χ1v) is 8.02. The topological polar surface area (TPSA) is 34.0 Å². The zero-order valence-corrected chi connectivity index (χ0v) is 14.1. The molecule has 1 aromatic heterocycles. The minimum absolute atomic E-state index is 0.101. The molecule has 0 radical (unpaired) electrons. The number of rotatable bonds is 4. The van der Waals surface area contributed by atoms with E-state index in [4.69, 9.17) is 11.6 Å². The summed E-state index contributed by atoms with van der Waals surface area (Å²) in [5.41, 5.74) is 1.77. The van der Waals surface area contributed by atoms with Gasteiger partial charge in [0.15, 0.2) is 11.6 Å². The van der Waals surface area contributed by atoms with Crippen molar-refractivity contribution in [3.63, 3.8) is 0 Å². The molecule has 0 saturated heterocycles. The molecule has 1 amide bonds. The van der Waals surface area contributed by atoms with Gasteiger partial charge in [-0.1, -0.05) is 23.7 Å². The molecule has 1 atom stereocenters. The van der Waals surface area contributed by atoms with Crippen LogP contribution in [0.1, 0.15) is 28.9 Å². The van der Waals surface area contributed by atoms with E-state index in [1.807, 2.05) is 53.4 Å². The maximum absolute atomic E-state index is 13.3. The molecule has 1 N–H and O–H groups in total. The lowest BCUT2D eigenvalue weighted by molar-refractivity contribution is 0.0939. The summed E-state index contributed by atoms with van der Waals surface area (Å²) in [5.74, 6) is -2.76. The lowest BCUT2D eigenvalue weighted by Crippen LogP contribution is -2.27. The Kier molecular flexibility index (Phi) is 4.86. The Balaban J connectivity index is 1.74. The standard InChI is InChI=1S/C19H15ClF2N2O/c1-12(13-4-6-14(7-5-13)24-8-2-3-9-24)23-19(25)15-10-17(21)18(22)11-16(15)20/h2-12H,1H3,(H,23,25). The highest BCUT2D eigenvalue weighted by Crippen LogP contribution is 2.22. The number of hydrogen-bond acceptors (Lipinski definition) is 1. The number of nitrogens with zero attached hydrogens (tertiary/aromatic N) is 1. The quantitative estimate of drug-likeness (QED) is 0.660. The Hall–Kier alpha value is -2.66. The van der Waals surface area contributed by atoms with Gasteiger partial charge < -0.3 is 9.88 Å². The van der Waals surface area contributed by atoms with Gasteiger partial charge in [0.1, 0.15) is 0 Å². The van der Waals surface area contributed by atoms with Crippen LogP contribution >= 0.6 is 11.6 Å². The molecule has 1 heterocycles. The summed E-state index contributed by atoms with van der Waals surface area (Å²) in [5, 5.41) is 2.60. The molecular formula is C19H15ClF2N2O. The second kappa shape index (κ2) is 7.07. The third-order valence-corrected chi connectivity index (χ3v) is 4.21. The molecule has 3 aromatic rings. The average Bonchev–Trinajstić information content (AvgIpc) is 3.12. The summed E-state index contributed by atoms with van der Waals surface area (Å²) in [6.45, 7) is 1.80. The molecule has 0 aliphatic heterocycles. The maximum atomic E-state index is 13.3. The molecule has 3 nitrogen and oxygen atoms in total. The first kappa shape index (κ1) is 17.2. The van der Waals surface area contributed by atoms with Crippen molar-refractivity contribution < 1.29 is 13.6 Å². The van der Waals surface area contributed by atoms with Gasteiger partial charge in [-0.2, -0.15) is 0 Å². The number of carbonyl (C=O) groups is 1. The van der Waals surface area contributed by atoms with Gasteiger partial charge in [-0.05, 0) is 48.9 Å². The summed E-state index contributed by atoms with van der Waals surface area (Å²) in [4.78, 5) is 12.3. The van der Waals surface area contributed by atoms with E-state index in [0.717, 1.165) is 23.4 Å². The van der Waals surface area contributed by atoms with Gasteiger partial charge in [-0.25, -0.2) is 8.78 Å². The SMILES string of the molecule is CC(NC(=O)c1cc(F)c(F)cc1Cl)c1ccc(-n2cccc2)cc1. The predicted molar refractivity (Wildman–Crippen MR) is 93.0 cm³/mol. The molecule has 1 unspecified atom stereocenters. The van der Waals surface area contributed by atoms with Crippen LogP contribution in [0, 0.1) is 11.6 Å². The molecule has 0 aliphatic rings. The zero-order chi connectivity index (χ0) is 18.0. The molecule has 0 saturated carbocycles. The van der Waals surface area contributed by atoms with Crippen LogP contribution in [0.4, 0.5) is 8.78 Å². The number of nitrogens with one attached hydrogen (secondary N) is 1. The van der Waals surface area contributed by atoms with Crippen LogP contribution in [0.3, 0.4) is 0 Å². The predicted octanol–water partition coefficient (Wildman–Crippen LogP) is 4.90. The fraction of sp³-hybridized carbons (Fsp3) is 0.105. The van der Waals surface area contributed by atoms with Crippen LogP contribution in [-0.4, -0.2) is 10.5 Å². The van der Waals surface area contributed by atoms with Crippen LogP contribution in [-0.2, 0) is 0 Å². The Labute approximate surface area is 148 Å². The fourth-order valence-electron chi connectivity index (χ4n) is 2.50. The molecule has 128 valence electrons. The van der Waals surface area contributed by atoms with Crippen molar-refractivity contribution in [3.05, 3.63) is 88.7 Å². The summed E-state index contributed by atoms with van der Waals surface area (Å²) in [6.07, 6.45) is 3.87. The second-order valence-electron chi connectivity index (χ2n) is 5.62. The molecule has 2 aromatic carbocycles. The monoisotopic (exact) mass is 360 g/mol. The van der Waals surface area contributed by atoms with Gasteiger partial charge in [0, 0.05) is 18.1 Å². The van der Waals surface area contributed by atoms with Gasteiger partial charge in [0.05, 0.1) is 16.6 Å². The number of halogens is 3. The molecule has 0 aliphatic carbocycles. The van der Waals surface area contributed by atoms with E-state index in [2.05, 4.69) is 5.32 Å². The zero-order valence-electron chi connectivity index (χ0n) is 13.3. The van der Waals surface area contributed by atoms with E-state index >= 15 is 0 Å². The molecule has 0 spiro atoms. The largest absolute Gasteiger partial charge is 0.345 e. The van der Waals surface area contributed by atoms with Crippen LogP contribution in [0.2, 0.25) is 5.02 Å². The van der Waals surface area contributed by atoms with E-state index in [1.54, 1.807) is 6.92 Å². The van der Waals surface area contributed by atoms with Crippen LogP contribution < -0.4 is 5.32 Å². The summed E-state index contributed by atoms with van der Waals surface area (Å²) < 4.78 is 28.4. The lowest BCUT2D eigenvalue weighted by Gasteiger charge is -2.16. The maximum Gasteiger partial charge on any atom is 0.253 e. The van der Waals surface area contributed by atoms with Gasteiger partial charge >= 0.3 is 0 Å². The van der Waals surface area contributed by atoms with Gasteiger partial charge in [0.25, 0.3) is 5.91 Å². The highest BCUT2D eigenvalue weighted by Gasteiger charge is 2.17. The van der Waals surface area contributed by atoms with Crippen LogP contribution in [0.25, 0.3) is 5.69 Å². The van der Waals surface area contributed by atoms with Crippen LogP contribution in [0.5, 0.6) is 0 Å². The third-order valence-electron chi connectivity index (χ3n) is 3.90. The van der Waals surface area contributed by atoms with Crippen molar-refractivity contribution in [2.75, 3.05) is 0 Å². The number of aromatic nitrogens is 1. The van der Waals surface area contributed by atoms with Crippen molar-refractivity contribution in [2.45, 2.75) is 13.0 Å². The average molecular weight is 361 g/mol. The van der Waals surface area contributed by atoms with E-state index in [0.29, 0.717) is 0 Å². The van der Waals surface area contributed by atoms with Gasteiger partial charge in [-0.3, -0.25) is 4.79 Å². The highest BCUT2D eigenvalue weighted by atomic mass is 35.5. The number of amides is 1. The van der Waals surface area contributed by atoms with Gasteiger partial charge in [-0.15, -0.1) is 0 Å². The minimum Gasteiger partial charge on any atom is -0.345 e. The smallest absolute Gasteiger partial charge is 0.253 e. The second-order valence-corrected chi connectivity index (χ2v) is 6.03. The number of carbonyl (C=O) groups excluding carboxylic acids is 1. The Bertz CT molecular complexity index is 893. The highest BCUT2D eigenvalue weighted by molar-refractivity contribution is 6.33. The van der Waals surface area contributed by atoms with E-state index in [-0.39, 0.29) is 16.6 Å². The van der Waals surface area contributed by atoms with Gasteiger partial charge in [0.2, 0.25) is 0 Å². The Morgan fingerprint density at radius 2 is 1.68 bits per heavy atom. The number of hydrogen-bond donors (Lipinski definition) is 1. The van der Waals surface area contributed by atoms with Crippen molar-refractivity contribution >= 4 is 17.5 Å². The van der Waals surface area contributed by atoms with Crippen molar-refractivity contribution in [3.8, 4) is 5.69 Å². The first-order valence-electron chi connectivity index (χ1n) is 7.64. The summed E-state index contributed by atoms with van der Waals surface area (Å²) in [6, 6.07) is 12.8. The fourth-order valence-corrected chi connectivity index (χ4v) is 2.73. The Morgan fingerprint density at radius 3 is 2.32 bits per heavy atom. The third kappa shape index (κ3) is 3.72.